The fourth-order valence-electron chi connectivity index (χ4n) is 5.00. The summed E-state index contributed by atoms with van der Waals surface area (Å²) in [5, 5.41) is 11.6. The molecule has 5 heterocycles. The third kappa shape index (κ3) is 4.90. The predicted molar refractivity (Wildman–Crippen MR) is 143 cm³/mol. The number of hydrogen-bond donors (Lipinski definition) is 1. The molecule has 5 rings (SSSR count). The van der Waals surface area contributed by atoms with Gasteiger partial charge in [-0.05, 0) is 59.2 Å². The lowest BCUT2D eigenvalue weighted by Crippen LogP contribution is -2.55. The van der Waals surface area contributed by atoms with Crippen LogP contribution in [0.5, 0.6) is 5.88 Å². The Morgan fingerprint density at radius 3 is 2.63 bits per heavy atom. The Morgan fingerprint density at radius 2 is 1.92 bits per heavy atom. The van der Waals surface area contributed by atoms with E-state index >= 15 is 0 Å². The molecule has 1 N–H and O–H groups in total. The standard InChI is InChI=1S/C26H34N8O4/c1-16-13-18-14-20(23(37-6)30-34(18)29-16)28-24(35)33-10-8-19-21(7-9-27-22(19)33)31-11-12-32(17(2)15-31)25(36)38-26(3,4)5/h7,9,13-14,17H,8,10-12,15H2,1-6H3,(H,28,35)/t17-/m0/s1. The summed E-state index contributed by atoms with van der Waals surface area (Å²) in [5.74, 6) is 0.905. The Kier molecular flexibility index (Phi) is 6.49. The number of urea groups is 1. The van der Waals surface area contributed by atoms with Crippen LogP contribution in [0, 0.1) is 6.92 Å². The fraction of sp³-hybridized carbons (Fsp3) is 0.500. The number of aryl methyl sites for hydroxylation is 1. The quantitative estimate of drug-likeness (QED) is 0.556. The Morgan fingerprint density at radius 1 is 1.13 bits per heavy atom. The number of nitrogens with one attached hydrogen (secondary N) is 1. The molecule has 3 aromatic rings. The predicted octanol–water partition coefficient (Wildman–Crippen LogP) is 3.48. The SMILES string of the molecule is COc1nn2nc(C)cc2cc1NC(=O)N1CCc2c(N3CCN(C(=O)OC(C)(C)C)[C@@H](C)C3)ccnc21. The molecule has 12 heteroatoms. The maximum absolute atomic E-state index is 13.4. The number of ether oxygens (including phenoxy) is 2. The number of rotatable bonds is 3. The van der Waals surface area contributed by atoms with E-state index in [4.69, 9.17) is 9.47 Å². The third-order valence-corrected chi connectivity index (χ3v) is 6.67. The maximum Gasteiger partial charge on any atom is 0.410 e. The molecule has 0 radical (unpaired) electrons. The van der Waals surface area contributed by atoms with Crippen molar-refractivity contribution < 1.29 is 19.1 Å². The van der Waals surface area contributed by atoms with Crippen LogP contribution in [0.2, 0.25) is 0 Å². The molecule has 1 saturated heterocycles. The van der Waals surface area contributed by atoms with Crippen molar-refractivity contribution in [2.75, 3.05) is 48.4 Å². The summed E-state index contributed by atoms with van der Waals surface area (Å²) >= 11 is 0. The summed E-state index contributed by atoms with van der Waals surface area (Å²) in [6.07, 6.45) is 2.12. The van der Waals surface area contributed by atoms with Crippen molar-refractivity contribution >= 4 is 34.8 Å². The normalized spacial score (nSPS) is 17.5. The van der Waals surface area contributed by atoms with E-state index in [0.29, 0.717) is 44.1 Å². The molecule has 202 valence electrons. The lowest BCUT2D eigenvalue weighted by Gasteiger charge is -2.41. The highest BCUT2D eigenvalue weighted by atomic mass is 16.6. The maximum atomic E-state index is 13.4. The number of anilines is 3. The molecule has 2 aliphatic heterocycles. The van der Waals surface area contributed by atoms with Crippen LogP contribution in [-0.4, -0.2) is 81.8 Å². The topological polar surface area (TPSA) is 117 Å². The van der Waals surface area contributed by atoms with Gasteiger partial charge in [-0.2, -0.15) is 5.10 Å². The van der Waals surface area contributed by atoms with Crippen LogP contribution < -0.4 is 19.9 Å². The average Bonchev–Trinajstić information content (AvgIpc) is 3.44. The number of nitrogens with zero attached hydrogens (tertiary/aromatic N) is 7. The van der Waals surface area contributed by atoms with Crippen LogP contribution in [0.15, 0.2) is 24.4 Å². The van der Waals surface area contributed by atoms with Gasteiger partial charge in [0.25, 0.3) is 5.88 Å². The Hall–Kier alpha value is -4.09. The number of piperazine rings is 1. The number of carbonyl (C=O) groups is 2. The van der Waals surface area contributed by atoms with Crippen molar-refractivity contribution in [2.45, 2.75) is 52.7 Å². The molecule has 0 bridgehead atoms. The van der Waals surface area contributed by atoms with Crippen LogP contribution in [0.1, 0.15) is 39.0 Å². The summed E-state index contributed by atoms with van der Waals surface area (Å²) in [6, 6.07) is 5.32. The van der Waals surface area contributed by atoms with Crippen molar-refractivity contribution in [3.05, 3.63) is 35.7 Å². The molecule has 38 heavy (non-hydrogen) atoms. The van der Waals surface area contributed by atoms with Gasteiger partial charge in [0.1, 0.15) is 17.1 Å². The average molecular weight is 523 g/mol. The van der Waals surface area contributed by atoms with Crippen LogP contribution in [-0.2, 0) is 11.2 Å². The second-order valence-electron chi connectivity index (χ2n) is 10.7. The van der Waals surface area contributed by atoms with E-state index in [0.717, 1.165) is 22.5 Å². The van der Waals surface area contributed by atoms with Crippen LogP contribution >= 0.6 is 0 Å². The van der Waals surface area contributed by atoms with Crippen molar-refractivity contribution in [3.63, 3.8) is 0 Å². The first kappa shape index (κ1) is 25.6. The van der Waals surface area contributed by atoms with Gasteiger partial charge >= 0.3 is 12.1 Å². The van der Waals surface area contributed by atoms with E-state index in [2.05, 4.69) is 25.4 Å². The van der Waals surface area contributed by atoms with Gasteiger partial charge in [0, 0.05) is 49.7 Å². The molecule has 0 spiro atoms. The van der Waals surface area contributed by atoms with E-state index in [1.54, 1.807) is 22.1 Å². The van der Waals surface area contributed by atoms with E-state index in [1.165, 1.54) is 11.7 Å². The molecule has 3 aromatic heterocycles. The highest BCUT2D eigenvalue weighted by molar-refractivity contribution is 6.03. The Bertz CT molecular complexity index is 1380. The molecule has 0 unspecified atom stereocenters. The van der Waals surface area contributed by atoms with Crippen molar-refractivity contribution in [1.29, 1.82) is 0 Å². The zero-order valence-corrected chi connectivity index (χ0v) is 22.7. The van der Waals surface area contributed by atoms with E-state index in [9.17, 15) is 9.59 Å². The number of fused-ring (bicyclic) bond motifs is 2. The molecule has 0 aromatic carbocycles. The van der Waals surface area contributed by atoms with Gasteiger partial charge in [-0.15, -0.1) is 9.73 Å². The number of amides is 3. The van der Waals surface area contributed by atoms with Crippen LogP contribution in [0.25, 0.3) is 5.52 Å². The number of pyridine rings is 1. The summed E-state index contributed by atoms with van der Waals surface area (Å²) in [7, 11) is 1.50. The molecular weight excluding hydrogens is 488 g/mol. The molecule has 3 amide bonds. The van der Waals surface area contributed by atoms with E-state index < -0.39 is 5.60 Å². The van der Waals surface area contributed by atoms with E-state index in [-0.39, 0.29) is 24.0 Å². The van der Waals surface area contributed by atoms with Gasteiger partial charge < -0.3 is 24.6 Å². The largest absolute Gasteiger partial charge is 0.478 e. The molecule has 1 fully saturated rings. The second-order valence-corrected chi connectivity index (χ2v) is 10.7. The van der Waals surface area contributed by atoms with Crippen molar-refractivity contribution in [2.24, 2.45) is 0 Å². The van der Waals surface area contributed by atoms with E-state index in [1.807, 2.05) is 46.8 Å². The fourth-order valence-corrected chi connectivity index (χ4v) is 5.00. The highest BCUT2D eigenvalue weighted by Gasteiger charge is 2.34. The molecule has 2 aliphatic rings. The minimum Gasteiger partial charge on any atom is -0.478 e. The van der Waals surface area contributed by atoms with Gasteiger partial charge in [0.15, 0.2) is 0 Å². The highest BCUT2D eigenvalue weighted by Crippen LogP contribution is 2.35. The minimum atomic E-state index is -0.534. The van der Waals surface area contributed by atoms with Crippen LogP contribution in [0.4, 0.5) is 26.8 Å². The minimum absolute atomic E-state index is 0.0229. The summed E-state index contributed by atoms with van der Waals surface area (Å²) in [4.78, 5) is 36.2. The summed E-state index contributed by atoms with van der Waals surface area (Å²) in [6.45, 7) is 11.9. The zero-order chi connectivity index (χ0) is 27.2. The van der Waals surface area contributed by atoms with Crippen molar-refractivity contribution in [3.8, 4) is 5.88 Å². The summed E-state index contributed by atoms with van der Waals surface area (Å²) in [5.41, 5.74) is 3.55. The molecule has 1 atom stereocenters. The number of aromatic nitrogens is 4. The molecule has 0 saturated carbocycles. The first-order valence-electron chi connectivity index (χ1n) is 12.8. The number of hydrogen-bond acceptors (Lipinski definition) is 8. The lowest BCUT2D eigenvalue weighted by molar-refractivity contribution is 0.0159. The zero-order valence-electron chi connectivity index (χ0n) is 22.7. The van der Waals surface area contributed by atoms with Gasteiger partial charge in [-0.3, -0.25) is 4.90 Å². The van der Waals surface area contributed by atoms with Crippen LogP contribution in [0.3, 0.4) is 0 Å². The second kappa shape index (κ2) is 9.66. The van der Waals surface area contributed by atoms with Gasteiger partial charge in [0.2, 0.25) is 0 Å². The smallest absolute Gasteiger partial charge is 0.410 e. The molecule has 12 nitrogen and oxygen atoms in total. The lowest BCUT2D eigenvalue weighted by atomic mass is 10.1. The Labute approximate surface area is 221 Å². The van der Waals surface area contributed by atoms with Gasteiger partial charge in [-0.1, -0.05) is 0 Å². The first-order chi connectivity index (χ1) is 18.0. The first-order valence-corrected chi connectivity index (χ1v) is 12.8. The molecular formula is C26H34N8O4. The Balaban J connectivity index is 1.32. The third-order valence-electron chi connectivity index (χ3n) is 6.67. The summed E-state index contributed by atoms with van der Waals surface area (Å²) < 4.78 is 12.5. The van der Waals surface area contributed by atoms with Gasteiger partial charge in [0.05, 0.1) is 18.3 Å². The number of methoxy groups -OCH3 is 1. The number of carbonyl (C=O) groups excluding carboxylic acids is 2. The van der Waals surface area contributed by atoms with Crippen molar-refractivity contribution in [1.82, 2.24) is 24.7 Å². The molecule has 0 aliphatic carbocycles. The van der Waals surface area contributed by atoms with Gasteiger partial charge in [-0.25, -0.2) is 14.6 Å². The monoisotopic (exact) mass is 522 g/mol.